The number of hydrogen-bond acceptors (Lipinski definition) is 5. The highest BCUT2D eigenvalue weighted by Gasteiger charge is 2.28. The number of piperazine rings is 1. The number of carbonyl (C=O) groups is 2. The number of aromatic nitrogens is 1. The van der Waals surface area contributed by atoms with Gasteiger partial charge in [0.2, 0.25) is 5.91 Å². The molecule has 7 nitrogen and oxygen atoms in total. The number of nitrogens with zero attached hydrogens (tertiary/aromatic N) is 2. The molecular formula is C23H25BrN4O3. The minimum absolute atomic E-state index is 0.154. The molecule has 162 valence electrons. The van der Waals surface area contributed by atoms with Gasteiger partial charge in [0.15, 0.2) is 0 Å². The molecule has 0 aliphatic carbocycles. The Bertz CT molecular complexity index is 1090. The van der Waals surface area contributed by atoms with E-state index >= 15 is 0 Å². The quantitative estimate of drug-likeness (QED) is 0.537. The Labute approximate surface area is 189 Å². The van der Waals surface area contributed by atoms with Crippen molar-refractivity contribution < 1.29 is 14.3 Å². The maximum atomic E-state index is 13.1. The summed E-state index contributed by atoms with van der Waals surface area (Å²) in [6.45, 7) is 5.18. The molecule has 1 fully saturated rings. The van der Waals surface area contributed by atoms with Gasteiger partial charge >= 0.3 is 5.97 Å². The molecular weight excluding hydrogens is 460 g/mol. The number of benzene rings is 2. The Morgan fingerprint density at radius 1 is 1.10 bits per heavy atom. The first-order valence-corrected chi connectivity index (χ1v) is 11.0. The molecule has 0 unspecified atom stereocenters. The number of halogens is 1. The summed E-state index contributed by atoms with van der Waals surface area (Å²) in [5, 5.41) is 3.72. The lowest BCUT2D eigenvalue weighted by Crippen LogP contribution is -2.52. The number of H-pyrrole nitrogens is 1. The van der Waals surface area contributed by atoms with Crippen molar-refractivity contribution in [2.75, 3.05) is 43.5 Å². The average molecular weight is 485 g/mol. The summed E-state index contributed by atoms with van der Waals surface area (Å²) in [7, 11) is 1.32. The van der Waals surface area contributed by atoms with Crippen LogP contribution < -0.4 is 10.2 Å². The van der Waals surface area contributed by atoms with E-state index in [0.717, 1.165) is 41.6 Å². The zero-order valence-corrected chi connectivity index (χ0v) is 19.1. The Morgan fingerprint density at radius 2 is 1.81 bits per heavy atom. The largest absolute Gasteiger partial charge is 0.464 e. The van der Waals surface area contributed by atoms with E-state index in [1.54, 1.807) is 0 Å². The van der Waals surface area contributed by atoms with Crippen molar-refractivity contribution in [1.82, 2.24) is 9.88 Å². The fourth-order valence-corrected chi connectivity index (χ4v) is 4.31. The maximum Gasteiger partial charge on any atom is 0.356 e. The third kappa shape index (κ3) is 4.45. The molecule has 0 bridgehead atoms. The molecule has 3 aromatic rings. The van der Waals surface area contributed by atoms with Crippen LogP contribution in [0.4, 0.5) is 11.4 Å². The Hall–Kier alpha value is -2.84. The van der Waals surface area contributed by atoms with Crippen LogP contribution in [0.2, 0.25) is 0 Å². The van der Waals surface area contributed by atoms with Crippen LogP contribution in [0.1, 0.15) is 17.4 Å². The number of carbonyl (C=O) groups excluding carboxylic acids is 2. The lowest BCUT2D eigenvalue weighted by Gasteiger charge is -2.38. The Kier molecular flexibility index (Phi) is 6.29. The first-order chi connectivity index (χ1) is 15.0. The molecule has 0 saturated carbocycles. The molecule has 2 N–H and O–H groups in total. The van der Waals surface area contributed by atoms with Crippen molar-refractivity contribution in [3.63, 3.8) is 0 Å². The SMILES string of the molecule is COC(=O)c1[nH]c2ccc(Br)cc2c1NC(=O)[C@@H](C)N1CCN(c2ccccc2)CC1. The van der Waals surface area contributed by atoms with Crippen molar-refractivity contribution in [1.29, 1.82) is 0 Å². The molecule has 8 heteroatoms. The van der Waals surface area contributed by atoms with Gasteiger partial charge < -0.3 is 19.9 Å². The van der Waals surface area contributed by atoms with Crippen LogP contribution in [-0.4, -0.2) is 61.1 Å². The van der Waals surface area contributed by atoms with E-state index in [1.807, 2.05) is 43.3 Å². The number of aromatic amines is 1. The first-order valence-electron chi connectivity index (χ1n) is 10.2. The highest BCUT2D eigenvalue weighted by atomic mass is 79.9. The monoisotopic (exact) mass is 484 g/mol. The summed E-state index contributed by atoms with van der Waals surface area (Å²) in [4.78, 5) is 32.9. The molecule has 31 heavy (non-hydrogen) atoms. The van der Waals surface area contributed by atoms with Crippen LogP contribution in [0.15, 0.2) is 53.0 Å². The van der Waals surface area contributed by atoms with Crippen LogP contribution in [0, 0.1) is 0 Å². The van der Waals surface area contributed by atoms with E-state index in [0.29, 0.717) is 5.69 Å². The standard InChI is InChI=1S/C23H25BrN4O3/c1-15(27-10-12-28(13-11-27)17-6-4-3-5-7-17)22(29)26-20-18-14-16(24)8-9-19(18)25-21(20)23(30)31-2/h3-9,14-15,25H,10-13H2,1-2H3,(H,26,29)/t15-/m1/s1. The molecule has 0 radical (unpaired) electrons. The van der Waals surface area contributed by atoms with Crippen molar-refractivity contribution in [2.24, 2.45) is 0 Å². The highest BCUT2D eigenvalue weighted by molar-refractivity contribution is 9.10. The van der Waals surface area contributed by atoms with Gasteiger partial charge in [0.05, 0.1) is 18.8 Å². The summed E-state index contributed by atoms with van der Waals surface area (Å²) in [6, 6.07) is 15.6. The summed E-state index contributed by atoms with van der Waals surface area (Å²) in [6.07, 6.45) is 0. The Balaban J connectivity index is 1.49. The molecule has 1 aromatic heterocycles. The summed E-state index contributed by atoms with van der Waals surface area (Å²) < 4.78 is 5.76. The van der Waals surface area contributed by atoms with E-state index in [2.05, 4.69) is 48.2 Å². The average Bonchev–Trinajstić information content (AvgIpc) is 3.16. The third-order valence-electron chi connectivity index (χ3n) is 5.76. The number of ether oxygens (including phenoxy) is 1. The molecule has 1 aliphatic rings. The minimum atomic E-state index is -0.522. The van der Waals surface area contributed by atoms with Gasteiger partial charge in [-0.2, -0.15) is 0 Å². The van der Waals surface area contributed by atoms with E-state index in [4.69, 9.17) is 4.74 Å². The topological polar surface area (TPSA) is 77.7 Å². The fourth-order valence-electron chi connectivity index (χ4n) is 3.95. The fraction of sp³-hybridized carbons (Fsp3) is 0.304. The van der Waals surface area contributed by atoms with Gasteiger partial charge in [-0.3, -0.25) is 9.69 Å². The number of rotatable bonds is 5. The predicted octanol–water partition coefficient (Wildman–Crippen LogP) is 3.87. The van der Waals surface area contributed by atoms with Gasteiger partial charge in [-0.15, -0.1) is 0 Å². The minimum Gasteiger partial charge on any atom is -0.464 e. The van der Waals surface area contributed by atoms with Crippen LogP contribution in [0.3, 0.4) is 0 Å². The number of para-hydroxylation sites is 1. The van der Waals surface area contributed by atoms with Crippen molar-refractivity contribution in [2.45, 2.75) is 13.0 Å². The van der Waals surface area contributed by atoms with Crippen LogP contribution in [0.5, 0.6) is 0 Å². The zero-order valence-electron chi connectivity index (χ0n) is 17.5. The third-order valence-corrected chi connectivity index (χ3v) is 6.25. The number of nitrogens with one attached hydrogen (secondary N) is 2. The van der Waals surface area contributed by atoms with Gasteiger partial charge in [0.25, 0.3) is 0 Å². The molecule has 2 heterocycles. The second-order valence-corrected chi connectivity index (χ2v) is 8.50. The zero-order chi connectivity index (χ0) is 22.0. The van der Waals surface area contributed by atoms with Crippen LogP contribution in [-0.2, 0) is 9.53 Å². The number of esters is 1. The van der Waals surface area contributed by atoms with Gasteiger partial charge in [0, 0.05) is 47.2 Å². The van der Waals surface area contributed by atoms with Crippen molar-refractivity contribution >= 4 is 50.1 Å². The second-order valence-electron chi connectivity index (χ2n) is 7.58. The van der Waals surface area contributed by atoms with E-state index in [9.17, 15) is 9.59 Å². The summed E-state index contributed by atoms with van der Waals surface area (Å²) >= 11 is 3.46. The Morgan fingerprint density at radius 3 is 2.48 bits per heavy atom. The number of hydrogen-bond donors (Lipinski definition) is 2. The molecule has 4 rings (SSSR count). The van der Waals surface area contributed by atoms with Crippen molar-refractivity contribution in [3.8, 4) is 0 Å². The summed E-state index contributed by atoms with van der Waals surface area (Å²) in [5.74, 6) is -0.675. The number of anilines is 2. The van der Waals surface area contributed by atoms with Crippen LogP contribution >= 0.6 is 15.9 Å². The van der Waals surface area contributed by atoms with E-state index < -0.39 is 5.97 Å². The predicted molar refractivity (Wildman–Crippen MR) is 126 cm³/mol. The molecule has 1 amide bonds. The maximum absolute atomic E-state index is 13.1. The smallest absolute Gasteiger partial charge is 0.356 e. The van der Waals surface area contributed by atoms with Gasteiger partial charge in [-0.1, -0.05) is 34.1 Å². The van der Waals surface area contributed by atoms with Crippen molar-refractivity contribution in [3.05, 3.63) is 58.7 Å². The van der Waals surface area contributed by atoms with E-state index in [1.165, 1.54) is 12.8 Å². The lowest BCUT2D eigenvalue weighted by molar-refractivity contribution is -0.120. The lowest BCUT2D eigenvalue weighted by atomic mass is 10.1. The number of amides is 1. The first kappa shape index (κ1) is 21.4. The molecule has 2 aromatic carbocycles. The summed E-state index contributed by atoms with van der Waals surface area (Å²) in [5.41, 5.74) is 2.64. The van der Waals surface area contributed by atoms with Crippen LogP contribution in [0.25, 0.3) is 10.9 Å². The molecule has 0 spiro atoms. The highest BCUT2D eigenvalue weighted by Crippen LogP contribution is 2.31. The molecule has 1 aliphatic heterocycles. The van der Waals surface area contributed by atoms with Gasteiger partial charge in [-0.05, 0) is 37.3 Å². The second kappa shape index (κ2) is 9.11. The normalized spacial score (nSPS) is 15.6. The molecule has 1 atom stereocenters. The molecule has 1 saturated heterocycles. The van der Waals surface area contributed by atoms with Gasteiger partial charge in [0.1, 0.15) is 5.69 Å². The van der Waals surface area contributed by atoms with E-state index in [-0.39, 0.29) is 17.6 Å². The van der Waals surface area contributed by atoms with Gasteiger partial charge in [-0.25, -0.2) is 4.79 Å². The number of fused-ring (bicyclic) bond motifs is 1. The number of methoxy groups -OCH3 is 1.